The molecule has 0 unspecified atom stereocenters. The number of alkyl carbamates (subject to hydrolysis) is 1. The lowest BCUT2D eigenvalue weighted by Crippen LogP contribution is -2.26. The van der Waals surface area contributed by atoms with Crippen molar-refractivity contribution in [1.82, 2.24) is 10.3 Å². The molecule has 0 atom stereocenters. The molecule has 2 aromatic carbocycles. The Morgan fingerprint density at radius 2 is 1.71 bits per heavy atom. The van der Waals surface area contributed by atoms with Crippen LogP contribution in [0, 0.1) is 11.8 Å². The van der Waals surface area contributed by atoms with E-state index in [1.165, 1.54) is 22.3 Å². The van der Waals surface area contributed by atoms with Crippen molar-refractivity contribution >= 4 is 17.7 Å². The molecule has 4 nitrogen and oxygen atoms in total. The zero-order valence-corrected chi connectivity index (χ0v) is 15.7. The minimum Gasteiger partial charge on any atom is -0.449 e. The Hall–Kier alpha value is -3.29. The van der Waals surface area contributed by atoms with Crippen LogP contribution in [0.25, 0.3) is 11.1 Å². The molecule has 0 bridgehead atoms. The van der Waals surface area contributed by atoms with Crippen molar-refractivity contribution in [3.63, 3.8) is 0 Å². The third-order valence-electron chi connectivity index (χ3n) is 4.62. The van der Waals surface area contributed by atoms with Crippen molar-refractivity contribution in [3.05, 3.63) is 88.7 Å². The molecule has 5 heteroatoms. The molecule has 1 amide bonds. The number of fused-ring (bicyclic) bond motifs is 3. The predicted molar refractivity (Wildman–Crippen MR) is 109 cm³/mol. The summed E-state index contributed by atoms with van der Waals surface area (Å²) in [7, 11) is 0. The van der Waals surface area contributed by atoms with Gasteiger partial charge in [0.1, 0.15) is 11.8 Å². The summed E-state index contributed by atoms with van der Waals surface area (Å²) < 4.78 is 5.46. The number of hydrogen-bond donors (Lipinski definition) is 1. The number of ether oxygens (including phenoxy) is 1. The number of pyridine rings is 1. The molecule has 28 heavy (non-hydrogen) atoms. The summed E-state index contributed by atoms with van der Waals surface area (Å²) in [5.74, 6) is 5.82. The Morgan fingerprint density at radius 1 is 1.04 bits per heavy atom. The van der Waals surface area contributed by atoms with Crippen LogP contribution in [0.15, 0.2) is 66.9 Å². The van der Waals surface area contributed by atoms with Crippen LogP contribution < -0.4 is 5.32 Å². The number of nitrogens with zero attached hydrogens (tertiary/aromatic N) is 1. The first-order valence-corrected chi connectivity index (χ1v) is 9.29. The summed E-state index contributed by atoms with van der Waals surface area (Å²) >= 11 is 5.73. The van der Waals surface area contributed by atoms with E-state index in [1.54, 1.807) is 18.3 Å². The number of carbonyl (C=O) groups is 1. The number of rotatable bonds is 3. The highest BCUT2D eigenvalue weighted by molar-refractivity contribution is 6.29. The van der Waals surface area contributed by atoms with Gasteiger partial charge in [0, 0.05) is 17.7 Å². The first-order valence-electron chi connectivity index (χ1n) is 8.91. The maximum Gasteiger partial charge on any atom is 0.407 e. The van der Waals surface area contributed by atoms with E-state index in [1.807, 2.05) is 24.3 Å². The van der Waals surface area contributed by atoms with Crippen LogP contribution in [-0.2, 0) is 4.74 Å². The number of carbonyl (C=O) groups excluding carboxylic acids is 1. The maximum absolute atomic E-state index is 12.0. The van der Waals surface area contributed by atoms with Gasteiger partial charge < -0.3 is 10.1 Å². The molecule has 0 aliphatic heterocycles. The third kappa shape index (κ3) is 3.85. The number of benzene rings is 2. The number of nitrogens with one attached hydrogen (secondary N) is 1. The smallest absolute Gasteiger partial charge is 0.407 e. The highest BCUT2D eigenvalue weighted by Gasteiger charge is 2.28. The molecule has 3 aromatic rings. The molecule has 0 saturated carbocycles. The molecular weight excluding hydrogens is 372 g/mol. The molecule has 1 heterocycles. The summed E-state index contributed by atoms with van der Waals surface area (Å²) in [6, 6.07) is 19.9. The third-order valence-corrected chi connectivity index (χ3v) is 4.85. The number of hydrogen-bond acceptors (Lipinski definition) is 3. The molecule has 1 aromatic heterocycles. The van der Waals surface area contributed by atoms with Crippen molar-refractivity contribution < 1.29 is 9.53 Å². The van der Waals surface area contributed by atoms with E-state index < -0.39 is 6.09 Å². The Morgan fingerprint density at radius 3 is 2.36 bits per heavy atom. The molecule has 1 N–H and O–H groups in total. The summed E-state index contributed by atoms with van der Waals surface area (Å²) in [5, 5.41) is 3.07. The van der Waals surface area contributed by atoms with Crippen LogP contribution in [0.4, 0.5) is 4.79 Å². The van der Waals surface area contributed by atoms with Gasteiger partial charge in [-0.15, -0.1) is 0 Å². The fourth-order valence-corrected chi connectivity index (χ4v) is 3.47. The van der Waals surface area contributed by atoms with E-state index in [9.17, 15) is 4.79 Å². The first kappa shape index (κ1) is 18.1. The second kappa shape index (κ2) is 8.16. The molecule has 4 rings (SSSR count). The van der Waals surface area contributed by atoms with E-state index in [4.69, 9.17) is 16.3 Å². The normalized spacial score (nSPS) is 11.8. The standard InChI is InChI=1S/C23H17ClN2O2/c24-22-12-11-16(14-26-22)6-5-13-25-23(27)28-15-21-19-9-3-1-7-17(19)18-8-2-4-10-20(18)21/h1-4,7-12,14,21H,13,15H2,(H,25,27). The topological polar surface area (TPSA) is 51.2 Å². The average molecular weight is 389 g/mol. The average Bonchev–Trinajstić information content (AvgIpc) is 3.05. The summed E-state index contributed by atoms with van der Waals surface area (Å²) in [4.78, 5) is 16.0. The molecular formula is C23H17ClN2O2. The fraction of sp³-hybridized carbons (Fsp3) is 0.130. The van der Waals surface area contributed by atoms with Crippen molar-refractivity contribution in [2.75, 3.05) is 13.2 Å². The van der Waals surface area contributed by atoms with Crippen LogP contribution in [0.3, 0.4) is 0 Å². The number of aromatic nitrogens is 1. The van der Waals surface area contributed by atoms with Crippen LogP contribution in [0.2, 0.25) is 5.15 Å². The van der Waals surface area contributed by atoms with Crippen molar-refractivity contribution in [2.24, 2.45) is 0 Å². The monoisotopic (exact) mass is 388 g/mol. The van der Waals surface area contributed by atoms with Crippen LogP contribution in [-0.4, -0.2) is 24.2 Å². The van der Waals surface area contributed by atoms with E-state index in [0.717, 1.165) is 5.56 Å². The van der Waals surface area contributed by atoms with E-state index in [2.05, 4.69) is 46.4 Å². The lowest BCUT2D eigenvalue weighted by atomic mass is 9.98. The second-order valence-corrected chi connectivity index (χ2v) is 6.74. The maximum atomic E-state index is 12.0. The predicted octanol–water partition coefficient (Wildman–Crippen LogP) is 4.63. The van der Waals surface area contributed by atoms with Gasteiger partial charge in [0.2, 0.25) is 0 Å². The van der Waals surface area contributed by atoms with Gasteiger partial charge in [-0.2, -0.15) is 0 Å². The van der Waals surface area contributed by atoms with Crippen molar-refractivity contribution in [1.29, 1.82) is 0 Å². The highest BCUT2D eigenvalue weighted by Crippen LogP contribution is 2.44. The quantitative estimate of drug-likeness (QED) is 0.526. The zero-order chi connectivity index (χ0) is 19.3. The Balaban J connectivity index is 1.35. The van der Waals surface area contributed by atoms with E-state index in [0.29, 0.717) is 5.15 Å². The molecule has 138 valence electrons. The SMILES string of the molecule is O=C(NCC#Cc1ccc(Cl)nc1)OCC1c2ccccc2-c2ccccc21. The summed E-state index contributed by atoms with van der Waals surface area (Å²) in [5.41, 5.74) is 5.51. The zero-order valence-electron chi connectivity index (χ0n) is 15.0. The van der Waals surface area contributed by atoms with Gasteiger partial charge in [-0.05, 0) is 34.4 Å². The number of halogens is 1. The molecule has 0 radical (unpaired) electrons. The fourth-order valence-electron chi connectivity index (χ4n) is 3.36. The molecule has 1 aliphatic carbocycles. The first-order chi connectivity index (χ1) is 13.7. The summed E-state index contributed by atoms with van der Waals surface area (Å²) in [6.45, 7) is 0.480. The van der Waals surface area contributed by atoms with Crippen LogP contribution in [0.5, 0.6) is 0 Å². The van der Waals surface area contributed by atoms with E-state index in [-0.39, 0.29) is 19.1 Å². The van der Waals surface area contributed by atoms with Crippen LogP contribution >= 0.6 is 11.6 Å². The molecule has 0 spiro atoms. The Labute approximate surface area is 168 Å². The van der Waals surface area contributed by atoms with Crippen molar-refractivity contribution in [3.8, 4) is 23.0 Å². The second-order valence-electron chi connectivity index (χ2n) is 6.35. The minimum atomic E-state index is -0.481. The largest absolute Gasteiger partial charge is 0.449 e. The van der Waals surface area contributed by atoms with E-state index >= 15 is 0 Å². The van der Waals surface area contributed by atoms with Crippen molar-refractivity contribution in [2.45, 2.75) is 5.92 Å². The molecule has 1 aliphatic rings. The van der Waals surface area contributed by atoms with Gasteiger partial charge in [-0.3, -0.25) is 0 Å². The van der Waals surface area contributed by atoms with Gasteiger partial charge in [0.15, 0.2) is 0 Å². The van der Waals surface area contributed by atoms with Gasteiger partial charge in [0.25, 0.3) is 0 Å². The Bertz CT molecular complexity index is 1020. The number of amides is 1. The van der Waals surface area contributed by atoms with Gasteiger partial charge in [-0.25, -0.2) is 9.78 Å². The molecule has 0 fully saturated rings. The minimum absolute atomic E-state index is 0.0457. The lowest BCUT2D eigenvalue weighted by Gasteiger charge is -2.14. The highest BCUT2D eigenvalue weighted by atomic mass is 35.5. The summed E-state index contributed by atoms with van der Waals surface area (Å²) in [6.07, 6.45) is 1.10. The lowest BCUT2D eigenvalue weighted by molar-refractivity contribution is 0.144. The Kier molecular flexibility index (Phi) is 5.27. The van der Waals surface area contributed by atoms with Crippen LogP contribution in [0.1, 0.15) is 22.6 Å². The van der Waals surface area contributed by atoms with Gasteiger partial charge in [-0.1, -0.05) is 72.0 Å². The van der Waals surface area contributed by atoms with Gasteiger partial charge >= 0.3 is 6.09 Å². The van der Waals surface area contributed by atoms with Gasteiger partial charge in [0.05, 0.1) is 6.54 Å². The molecule has 0 saturated heterocycles.